The summed E-state index contributed by atoms with van der Waals surface area (Å²) in [6.07, 6.45) is 3.47. The Bertz CT molecular complexity index is 502. The lowest BCUT2D eigenvalue weighted by Crippen LogP contribution is -2.21. The van der Waals surface area contributed by atoms with Gasteiger partial charge in [0, 0.05) is 25.4 Å². The quantitative estimate of drug-likeness (QED) is 0.769. The van der Waals surface area contributed by atoms with Crippen LogP contribution in [-0.2, 0) is 6.54 Å². The van der Waals surface area contributed by atoms with E-state index in [4.69, 9.17) is 16.7 Å². The van der Waals surface area contributed by atoms with Crippen molar-refractivity contribution in [1.29, 1.82) is 0 Å². The van der Waals surface area contributed by atoms with E-state index in [-0.39, 0.29) is 12.6 Å². The van der Waals surface area contributed by atoms with Gasteiger partial charge < -0.3 is 10.4 Å². The van der Waals surface area contributed by atoms with Gasteiger partial charge in [-0.15, -0.1) is 0 Å². The summed E-state index contributed by atoms with van der Waals surface area (Å²) in [4.78, 5) is 4.08. The number of nitrogens with one attached hydrogen (secondary N) is 1. The number of hydrogen-bond donors (Lipinski definition) is 2. The lowest BCUT2D eigenvalue weighted by Gasteiger charge is -2.19. The maximum atomic E-state index is 9.03. The SMILES string of the molecule is OCCCC(NCc1ccc(Cl)nc1)c1ccccc1. The van der Waals surface area contributed by atoms with E-state index < -0.39 is 0 Å². The molecular weight excluding hydrogens is 272 g/mol. The molecule has 0 saturated heterocycles. The fourth-order valence-electron chi connectivity index (χ4n) is 2.12. The number of halogens is 1. The average Bonchev–Trinajstić information content (AvgIpc) is 2.50. The van der Waals surface area contributed by atoms with E-state index in [0.29, 0.717) is 5.15 Å². The number of pyridine rings is 1. The molecule has 0 amide bonds. The van der Waals surface area contributed by atoms with Gasteiger partial charge in [0.25, 0.3) is 0 Å². The zero-order valence-corrected chi connectivity index (χ0v) is 12.1. The topological polar surface area (TPSA) is 45.1 Å². The van der Waals surface area contributed by atoms with Crippen molar-refractivity contribution >= 4 is 11.6 Å². The first-order valence-corrected chi connectivity index (χ1v) is 7.17. The van der Waals surface area contributed by atoms with Crippen LogP contribution in [-0.4, -0.2) is 16.7 Å². The maximum absolute atomic E-state index is 9.03. The fourth-order valence-corrected chi connectivity index (χ4v) is 2.23. The molecule has 2 N–H and O–H groups in total. The van der Waals surface area contributed by atoms with E-state index in [1.807, 2.05) is 24.3 Å². The Morgan fingerprint density at radius 2 is 1.95 bits per heavy atom. The minimum atomic E-state index is 0.216. The number of nitrogens with zero attached hydrogens (tertiary/aromatic N) is 1. The van der Waals surface area contributed by atoms with E-state index in [1.165, 1.54) is 5.56 Å². The second kappa shape index (κ2) is 8.00. The Morgan fingerprint density at radius 1 is 1.15 bits per heavy atom. The van der Waals surface area contributed by atoms with E-state index in [2.05, 4.69) is 22.4 Å². The molecule has 3 nitrogen and oxygen atoms in total. The third kappa shape index (κ3) is 4.60. The first kappa shape index (κ1) is 15.0. The van der Waals surface area contributed by atoms with Gasteiger partial charge in [-0.25, -0.2) is 4.98 Å². The zero-order valence-electron chi connectivity index (χ0n) is 11.3. The fraction of sp³-hybridized carbons (Fsp3) is 0.312. The van der Waals surface area contributed by atoms with Crippen molar-refractivity contribution in [2.24, 2.45) is 0 Å². The molecule has 0 aliphatic carbocycles. The summed E-state index contributed by atoms with van der Waals surface area (Å²) in [6, 6.07) is 14.3. The minimum Gasteiger partial charge on any atom is -0.396 e. The van der Waals surface area contributed by atoms with Crippen molar-refractivity contribution < 1.29 is 5.11 Å². The summed E-state index contributed by atoms with van der Waals surface area (Å²) >= 11 is 5.78. The normalized spacial score (nSPS) is 12.3. The average molecular weight is 291 g/mol. The molecule has 2 rings (SSSR count). The number of aliphatic hydroxyl groups excluding tert-OH is 1. The highest BCUT2D eigenvalue weighted by Crippen LogP contribution is 2.19. The predicted octanol–water partition coefficient (Wildman–Crippen LogP) is 3.34. The first-order chi connectivity index (χ1) is 9.79. The summed E-state index contributed by atoms with van der Waals surface area (Å²) in [5, 5.41) is 13.0. The molecule has 1 aromatic heterocycles. The van der Waals surface area contributed by atoms with Crippen LogP contribution < -0.4 is 5.32 Å². The van der Waals surface area contributed by atoms with Crippen LogP contribution in [0.3, 0.4) is 0 Å². The molecule has 1 heterocycles. The van der Waals surface area contributed by atoms with Crippen LogP contribution in [0.25, 0.3) is 0 Å². The van der Waals surface area contributed by atoms with Gasteiger partial charge in [-0.3, -0.25) is 0 Å². The molecule has 0 aliphatic heterocycles. The number of rotatable bonds is 7. The van der Waals surface area contributed by atoms with Crippen LogP contribution in [0.1, 0.15) is 30.0 Å². The largest absolute Gasteiger partial charge is 0.396 e. The van der Waals surface area contributed by atoms with Crippen LogP contribution in [0.5, 0.6) is 0 Å². The Balaban J connectivity index is 1.99. The highest BCUT2D eigenvalue weighted by molar-refractivity contribution is 6.29. The lowest BCUT2D eigenvalue weighted by molar-refractivity contribution is 0.275. The second-order valence-corrected chi connectivity index (χ2v) is 5.09. The molecule has 4 heteroatoms. The minimum absolute atomic E-state index is 0.216. The van der Waals surface area contributed by atoms with Gasteiger partial charge in [0.2, 0.25) is 0 Å². The molecule has 1 aromatic carbocycles. The predicted molar refractivity (Wildman–Crippen MR) is 81.6 cm³/mol. The molecular formula is C16H19ClN2O. The molecule has 0 aliphatic rings. The van der Waals surface area contributed by atoms with Gasteiger partial charge in [0.15, 0.2) is 0 Å². The van der Waals surface area contributed by atoms with Gasteiger partial charge in [-0.1, -0.05) is 48.0 Å². The summed E-state index contributed by atoms with van der Waals surface area (Å²) in [5.41, 5.74) is 2.34. The van der Waals surface area contributed by atoms with Crippen LogP contribution >= 0.6 is 11.6 Å². The molecule has 20 heavy (non-hydrogen) atoms. The maximum Gasteiger partial charge on any atom is 0.129 e. The molecule has 0 saturated carbocycles. The molecule has 1 unspecified atom stereocenters. The summed E-state index contributed by atoms with van der Waals surface area (Å²) in [5.74, 6) is 0. The molecule has 106 valence electrons. The second-order valence-electron chi connectivity index (χ2n) is 4.70. The summed E-state index contributed by atoms with van der Waals surface area (Å²) < 4.78 is 0. The van der Waals surface area contributed by atoms with Crippen molar-refractivity contribution in [1.82, 2.24) is 10.3 Å². The van der Waals surface area contributed by atoms with Crippen LogP contribution in [0.15, 0.2) is 48.7 Å². The van der Waals surface area contributed by atoms with Crippen LogP contribution in [0, 0.1) is 0 Å². The van der Waals surface area contributed by atoms with Crippen molar-refractivity contribution in [2.45, 2.75) is 25.4 Å². The van der Waals surface area contributed by atoms with E-state index in [1.54, 1.807) is 12.3 Å². The van der Waals surface area contributed by atoms with Crippen molar-refractivity contribution in [3.63, 3.8) is 0 Å². The van der Waals surface area contributed by atoms with E-state index in [9.17, 15) is 0 Å². The number of aromatic nitrogens is 1. The van der Waals surface area contributed by atoms with Crippen molar-refractivity contribution in [3.05, 3.63) is 64.9 Å². The smallest absolute Gasteiger partial charge is 0.129 e. The van der Waals surface area contributed by atoms with Gasteiger partial charge in [0.1, 0.15) is 5.15 Å². The Hall–Kier alpha value is -1.42. The summed E-state index contributed by atoms with van der Waals surface area (Å²) in [7, 11) is 0. The summed E-state index contributed by atoms with van der Waals surface area (Å²) in [6.45, 7) is 0.947. The standard InChI is InChI=1S/C16H19ClN2O/c17-16-9-8-13(12-19-16)11-18-15(7-4-10-20)14-5-2-1-3-6-14/h1-3,5-6,8-9,12,15,18,20H,4,7,10-11H2. The van der Waals surface area contributed by atoms with Gasteiger partial charge in [-0.2, -0.15) is 0 Å². The van der Waals surface area contributed by atoms with E-state index >= 15 is 0 Å². The van der Waals surface area contributed by atoms with Crippen molar-refractivity contribution in [2.75, 3.05) is 6.61 Å². The highest BCUT2D eigenvalue weighted by atomic mass is 35.5. The highest BCUT2D eigenvalue weighted by Gasteiger charge is 2.10. The molecule has 0 spiro atoms. The third-order valence-corrected chi connectivity index (χ3v) is 3.42. The monoisotopic (exact) mass is 290 g/mol. The molecule has 2 aromatic rings. The van der Waals surface area contributed by atoms with Gasteiger partial charge >= 0.3 is 0 Å². The Kier molecular flexibility index (Phi) is 5.99. The molecule has 0 fully saturated rings. The van der Waals surface area contributed by atoms with E-state index in [0.717, 1.165) is 24.9 Å². The molecule has 0 radical (unpaired) electrons. The molecule has 0 bridgehead atoms. The van der Waals surface area contributed by atoms with Gasteiger partial charge in [-0.05, 0) is 30.0 Å². The molecule has 1 atom stereocenters. The third-order valence-electron chi connectivity index (χ3n) is 3.19. The van der Waals surface area contributed by atoms with Gasteiger partial charge in [0.05, 0.1) is 0 Å². The Labute approximate surface area is 124 Å². The number of benzene rings is 1. The van der Waals surface area contributed by atoms with Crippen LogP contribution in [0.2, 0.25) is 5.15 Å². The number of aliphatic hydroxyl groups is 1. The first-order valence-electron chi connectivity index (χ1n) is 6.79. The number of hydrogen-bond acceptors (Lipinski definition) is 3. The Morgan fingerprint density at radius 3 is 2.60 bits per heavy atom. The lowest BCUT2D eigenvalue weighted by atomic mass is 10.0. The van der Waals surface area contributed by atoms with Crippen LogP contribution in [0.4, 0.5) is 0 Å². The van der Waals surface area contributed by atoms with Crippen molar-refractivity contribution in [3.8, 4) is 0 Å². The zero-order chi connectivity index (χ0) is 14.2.